The summed E-state index contributed by atoms with van der Waals surface area (Å²) in [6.45, 7) is 3.49. The lowest BCUT2D eigenvalue weighted by Crippen LogP contribution is -2.47. The molecule has 2 heterocycles. The summed E-state index contributed by atoms with van der Waals surface area (Å²) in [5.41, 5.74) is 0. The van der Waals surface area contributed by atoms with Crippen molar-refractivity contribution >= 4 is 46.3 Å². The number of aliphatic carboxylic acids is 1. The number of rotatable bonds is 4. The van der Waals surface area contributed by atoms with Gasteiger partial charge in [-0.15, -0.1) is 0 Å². The van der Waals surface area contributed by atoms with E-state index in [2.05, 4.69) is 0 Å². The Kier molecular flexibility index (Phi) is 4.29. The maximum absolute atomic E-state index is 12.3. The van der Waals surface area contributed by atoms with Gasteiger partial charge in [-0.1, -0.05) is 37.8 Å². The molecule has 1 saturated heterocycles. The summed E-state index contributed by atoms with van der Waals surface area (Å²) in [5.74, 6) is -1.16. The van der Waals surface area contributed by atoms with Crippen molar-refractivity contribution in [3.63, 3.8) is 0 Å². The normalized spacial score (nSPS) is 19.1. The summed E-state index contributed by atoms with van der Waals surface area (Å²) in [6.07, 6.45) is 3.07. The molecule has 7 heteroatoms. The van der Waals surface area contributed by atoms with E-state index < -0.39 is 17.9 Å². The zero-order valence-corrected chi connectivity index (χ0v) is 12.5. The molecular formula is C13H13NO4S2. The fraction of sp³-hybridized carbons (Fsp3) is 0.308. The van der Waals surface area contributed by atoms with E-state index in [1.807, 2.05) is 0 Å². The maximum Gasteiger partial charge on any atom is 0.327 e. The highest BCUT2D eigenvalue weighted by Gasteiger charge is 2.41. The topological polar surface area (TPSA) is 70.8 Å². The second kappa shape index (κ2) is 5.80. The second-order valence-electron chi connectivity index (χ2n) is 4.59. The average Bonchev–Trinajstić information content (AvgIpc) is 2.93. The fourth-order valence-electron chi connectivity index (χ4n) is 1.92. The standard InChI is InChI=1S/C13H13NO4S2/c1-7(2)10(12(16)17)14-11(15)9(20-13(14)19)6-8-4-3-5-18-8/h3-7,10H,1-2H3,(H,16,17). The number of carbonyl (C=O) groups is 2. The summed E-state index contributed by atoms with van der Waals surface area (Å²) in [7, 11) is 0. The van der Waals surface area contributed by atoms with Gasteiger partial charge in [0, 0.05) is 6.08 Å². The molecule has 1 aliphatic heterocycles. The van der Waals surface area contributed by atoms with Crippen molar-refractivity contribution in [1.82, 2.24) is 4.90 Å². The number of amides is 1. The third-order valence-electron chi connectivity index (χ3n) is 2.80. The van der Waals surface area contributed by atoms with Crippen molar-refractivity contribution in [2.45, 2.75) is 19.9 Å². The Morgan fingerprint density at radius 1 is 1.55 bits per heavy atom. The number of carboxylic acids is 1. The van der Waals surface area contributed by atoms with E-state index in [0.29, 0.717) is 10.7 Å². The average molecular weight is 311 g/mol. The molecule has 0 spiro atoms. The van der Waals surface area contributed by atoms with Crippen LogP contribution in [-0.2, 0) is 9.59 Å². The van der Waals surface area contributed by atoms with E-state index in [-0.39, 0.29) is 10.2 Å². The van der Waals surface area contributed by atoms with Gasteiger partial charge < -0.3 is 9.52 Å². The van der Waals surface area contributed by atoms with Gasteiger partial charge in [0.05, 0.1) is 11.2 Å². The van der Waals surface area contributed by atoms with Gasteiger partial charge in [-0.2, -0.15) is 0 Å². The van der Waals surface area contributed by atoms with Crippen LogP contribution in [0.3, 0.4) is 0 Å². The van der Waals surface area contributed by atoms with E-state index in [1.165, 1.54) is 11.2 Å². The molecule has 0 aliphatic carbocycles. The first-order chi connectivity index (χ1) is 9.41. The van der Waals surface area contributed by atoms with Crippen LogP contribution in [-0.4, -0.2) is 32.2 Å². The predicted octanol–water partition coefficient (Wildman–Crippen LogP) is 2.59. The van der Waals surface area contributed by atoms with Gasteiger partial charge in [-0.3, -0.25) is 9.69 Å². The van der Waals surface area contributed by atoms with Crippen molar-refractivity contribution < 1.29 is 19.1 Å². The molecule has 0 saturated carbocycles. The number of carboxylic acid groups (broad SMARTS) is 1. The summed E-state index contributed by atoms with van der Waals surface area (Å²) in [4.78, 5) is 25.2. The van der Waals surface area contributed by atoms with Gasteiger partial charge in [-0.25, -0.2) is 4.79 Å². The molecule has 1 atom stereocenters. The zero-order chi connectivity index (χ0) is 14.9. The third-order valence-corrected chi connectivity index (χ3v) is 4.13. The van der Waals surface area contributed by atoms with Crippen LogP contribution < -0.4 is 0 Å². The highest BCUT2D eigenvalue weighted by Crippen LogP contribution is 2.35. The molecule has 1 fully saturated rings. The van der Waals surface area contributed by atoms with Crippen molar-refractivity contribution in [2.24, 2.45) is 5.92 Å². The van der Waals surface area contributed by atoms with Gasteiger partial charge >= 0.3 is 5.97 Å². The number of carbonyl (C=O) groups excluding carboxylic acids is 1. The quantitative estimate of drug-likeness (QED) is 0.681. The molecule has 5 nitrogen and oxygen atoms in total. The maximum atomic E-state index is 12.3. The Hall–Kier alpha value is -1.60. The Balaban J connectivity index is 2.31. The molecule has 0 radical (unpaired) electrons. The minimum Gasteiger partial charge on any atom is -0.480 e. The lowest BCUT2D eigenvalue weighted by Gasteiger charge is -2.26. The monoisotopic (exact) mass is 311 g/mol. The minimum absolute atomic E-state index is 0.238. The Labute approximate surface area is 125 Å². The van der Waals surface area contributed by atoms with Crippen LogP contribution in [0.5, 0.6) is 0 Å². The third kappa shape index (κ3) is 2.78. The lowest BCUT2D eigenvalue weighted by molar-refractivity contribution is -0.146. The van der Waals surface area contributed by atoms with Crippen LogP contribution in [0.25, 0.3) is 6.08 Å². The number of furan rings is 1. The van der Waals surface area contributed by atoms with Gasteiger partial charge in [-0.05, 0) is 18.1 Å². The minimum atomic E-state index is -1.06. The molecule has 1 aliphatic rings. The molecular weight excluding hydrogens is 298 g/mol. The van der Waals surface area contributed by atoms with Gasteiger partial charge in [0.1, 0.15) is 16.1 Å². The Morgan fingerprint density at radius 2 is 2.25 bits per heavy atom. The van der Waals surface area contributed by atoms with Crippen molar-refractivity contribution in [2.75, 3.05) is 0 Å². The molecule has 2 rings (SSSR count). The van der Waals surface area contributed by atoms with Crippen molar-refractivity contribution in [3.8, 4) is 0 Å². The lowest BCUT2D eigenvalue weighted by atomic mass is 10.0. The number of hydrogen-bond donors (Lipinski definition) is 1. The fourth-order valence-corrected chi connectivity index (χ4v) is 3.23. The molecule has 0 bridgehead atoms. The molecule has 1 N–H and O–H groups in total. The van der Waals surface area contributed by atoms with Crippen LogP contribution in [0.15, 0.2) is 27.7 Å². The van der Waals surface area contributed by atoms with Crippen LogP contribution >= 0.6 is 24.0 Å². The van der Waals surface area contributed by atoms with Crippen molar-refractivity contribution in [3.05, 3.63) is 29.1 Å². The Bertz CT molecular complexity index is 577. The summed E-state index contributed by atoms with van der Waals surface area (Å²) in [5, 5.41) is 9.28. The van der Waals surface area contributed by atoms with Crippen LogP contribution in [0, 0.1) is 5.92 Å². The highest BCUT2D eigenvalue weighted by atomic mass is 32.2. The molecule has 1 unspecified atom stereocenters. The highest BCUT2D eigenvalue weighted by molar-refractivity contribution is 8.26. The largest absolute Gasteiger partial charge is 0.480 e. The summed E-state index contributed by atoms with van der Waals surface area (Å²) >= 11 is 6.23. The first-order valence-electron chi connectivity index (χ1n) is 5.95. The van der Waals surface area contributed by atoms with Gasteiger partial charge in [0.15, 0.2) is 0 Å². The first-order valence-corrected chi connectivity index (χ1v) is 7.17. The number of nitrogens with zero attached hydrogens (tertiary/aromatic N) is 1. The number of thiocarbonyl (C=S) groups is 1. The van der Waals surface area contributed by atoms with E-state index in [0.717, 1.165) is 11.8 Å². The first kappa shape index (κ1) is 14.8. The molecule has 106 valence electrons. The smallest absolute Gasteiger partial charge is 0.327 e. The van der Waals surface area contributed by atoms with Crippen LogP contribution in [0.4, 0.5) is 0 Å². The Morgan fingerprint density at radius 3 is 2.75 bits per heavy atom. The molecule has 1 aromatic rings. The van der Waals surface area contributed by atoms with E-state index in [4.69, 9.17) is 16.6 Å². The SMILES string of the molecule is CC(C)C(C(=O)O)N1C(=O)C(=Cc2ccco2)SC1=S. The van der Waals surface area contributed by atoms with E-state index in [1.54, 1.807) is 32.1 Å². The van der Waals surface area contributed by atoms with E-state index in [9.17, 15) is 14.7 Å². The molecule has 1 amide bonds. The molecule has 20 heavy (non-hydrogen) atoms. The van der Waals surface area contributed by atoms with E-state index >= 15 is 0 Å². The number of thioether (sulfide) groups is 1. The molecule has 1 aromatic heterocycles. The van der Waals surface area contributed by atoms with Gasteiger partial charge in [0.2, 0.25) is 0 Å². The van der Waals surface area contributed by atoms with Crippen LogP contribution in [0.2, 0.25) is 0 Å². The number of hydrogen-bond acceptors (Lipinski definition) is 5. The summed E-state index contributed by atoms with van der Waals surface area (Å²) < 4.78 is 5.41. The molecule has 0 aromatic carbocycles. The van der Waals surface area contributed by atoms with Gasteiger partial charge in [0.25, 0.3) is 5.91 Å². The summed E-state index contributed by atoms with van der Waals surface area (Å²) in [6, 6.07) is 2.47. The van der Waals surface area contributed by atoms with Crippen molar-refractivity contribution in [1.29, 1.82) is 0 Å². The zero-order valence-electron chi connectivity index (χ0n) is 10.9. The predicted molar refractivity (Wildman–Crippen MR) is 80.0 cm³/mol. The second-order valence-corrected chi connectivity index (χ2v) is 6.27. The van der Waals surface area contributed by atoms with Crippen LogP contribution in [0.1, 0.15) is 19.6 Å².